The van der Waals surface area contributed by atoms with Crippen molar-refractivity contribution in [1.82, 2.24) is 10.2 Å². The van der Waals surface area contributed by atoms with Crippen molar-refractivity contribution >= 4 is 23.4 Å². The van der Waals surface area contributed by atoms with Gasteiger partial charge in [-0.25, -0.2) is 0 Å². The van der Waals surface area contributed by atoms with Crippen molar-refractivity contribution in [3.63, 3.8) is 0 Å². The van der Waals surface area contributed by atoms with Gasteiger partial charge in [-0.1, -0.05) is 48.5 Å². The summed E-state index contributed by atoms with van der Waals surface area (Å²) in [5.74, 6) is -0.206. The summed E-state index contributed by atoms with van der Waals surface area (Å²) in [4.78, 5) is 41.5. The monoisotopic (exact) mass is 433 g/mol. The Kier molecular flexibility index (Phi) is 7.20. The summed E-state index contributed by atoms with van der Waals surface area (Å²) in [6.45, 7) is 2.27. The lowest BCUT2D eigenvalue weighted by molar-refractivity contribution is -0.139. The van der Waals surface area contributed by atoms with E-state index in [1.54, 1.807) is 4.90 Å². The number of anilines is 1. The lowest BCUT2D eigenvalue weighted by Crippen LogP contribution is -2.45. The van der Waals surface area contributed by atoms with E-state index in [1.807, 2.05) is 53.4 Å². The van der Waals surface area contributed by atoms with E-state index in [2.05, 4.69) is 17.4 Å². The summed E-state index contributed by atoms with van der Waals surface area (Å²) in [5, 5.41) is 3.06. The molecule has 0 saturated carbocycles. The molecule has 3 amide bonds. The van der Waals surface area contributed by atoms with Crippen molar-refractivity contribution in [3.8, 4) is 0 Å². The molecule has 2 aliphatic heterocycles. The summed E-state index contributed by atoms with van der Waals surface area (Å²) in [6.07, 6.45) is 3.49. The van der Waals surface area contributed by atoms with Crippen LogP contribution in [-0.4, -0.2) is 48.8 Å². The van der Waals surface area contributed by atoms with Gasteiger partial charge < -0.3 is 15.1 Å². The molecular weight excluding hydrogens is 402 g/mol. The number of likely N-dealkylation sites (tertiary alicyclic amines) is 1. The highest BCUT2D eigenvalue weighted by atomic mass is 16.2. The van der Waals surface area contributed by atoms with Crippen molar-refractivity contribution in [3.05, 3.63) is 66.2 Å². The van der Waals surface area contributed by atoms with Crippen LogP contribution in [0, 0.1) is 11.8 Å². The fourth-order valence-electron chi connectivity index (χ4n) is 4.64. The van der Waals surface area contributed by atoms with Gasteiger partial charge in [0.2, 0.25) is 17.7 Å². The molecule has 0 radical (unpaired) electrons. The Bertz CT molecular complexity index is 924. The van der Waals surface area contributed by atoms with Crippen molar-refractivity contribution in [1.29, 1.82) is 0 Å². The van der Waals surface area contributed by atoms with E-state index in [1.165, 1.54) is 5.56 Å². The van der Waals surface area contributed by atoms with E-state index < -0.39 is 0 Å². The van der Waals surface area contributed by atoms with Crippen LogP contribution in [0.4, 0.5) is 5.69 Å². The zero-order valence-corrected chi connectivity index (χ0v) is 18.4. The number of nitrogens with one attached hydrogen (secondary N) is 1. The molecule has 0 bridgehead atoms. The molecule has 6 nitrogen and oxygen atoms in total. The minimum absolute atomic E-state index is 0.000633. The number of carbonyl (C=O) groups excluding carboxylic acids is 3. The molecule has 0 aliphatic carbocycles. The highest BCUT2D eigenvalue weighted by Gasteiger charge is 2.38. The number of para-hydroxylation sites is 1. The molecule has 32 heavy (non-hydrogen) atoms. The van der Waals surface area contributed by atoms with Crippen LogP contribution in [0.25, 0.3) is 0 Å². The van der Waals surface area contributed by atoms with Crippen molar-refractivity contribution in [2.24, 2.45) is 11.8 Å². The maximum atomic E-state index is 13.0. The van der Waals surface area contributed by atoms with E-state index >= 15 is 0 Å². The lowest BCUT2D eigenvalue weighted by atomic mass is 9.94. The Labute approximate surface area is 189 Å². The number of carbonyl (C=O) groups is 3. The summed E-state index contributed by atoms with van der Waals surface area (Å²) in [6, 6.07) is 19.8. The molecule has 2 aliphatic rings. The van der Waals surface area contributed by atoms with E-state index in [4.69, 9.17) is 0 Å². The van der Waals surface area contributed by atoms with Gasteiger partial charge in [-0.05, 0) is 43.4 Å². The largest absolute Gasteiger partial charge is 0.356 e. The normalized spacial score (nSPS) is 19.2. The minimum atomic E-state index is -0.300. The number of amides is 3. The van der Waals surface area contributed by atoms with Gasteiger partial charge in [0.15, 0.2) is 0 Å². The molecule has 2 aromatic carbocycles. The second-order valence-corrected chi connectivity index (χ2v) is 8.72. The van der Waals surface area contributed by atoms with Crippen LogP contribution in [0.15, 0.2) is 60.7 Å². The first-order valence-electron chi connectivity index (χ1n) is 11.6. The topological polar surface area (TPSA) is 69.7 Å². The van der Waals surface area contributed by atoms with Crippen LogP contribution in [0.3, 0.4) is 0 Å². The van der Waals surface area contributed by atoms with Crippen LogP contribution < -0.4 is 10.2 Å². The van der Waals surface area contributed by atoms with Crippen molar-refractivity contribution in [2.75, 3.05) is 31.1 Å². The van der Waals surface area contributed by atoms with Crippen LogP contribution in [0.5, 0.6) is 0 Å². The quantitative estimate of drug-likeness (QED) is 0.683. The first kappa shape index (κ1) is 22.1. The molecule has 168 valence electrons. The standard InChI is InChI=1S/C26H31N3O3/c30-24-18-22(19-29(24)23-11-5-2-6-12-23)26(32)28-16-13-21(14-17-28)25(31)27-15-7-10-20-8-3-1-4-9-20/h1-6,8-9,11-12,21-22H,7,10,13-19H2,(H,27,31)/t22-/m1/s1. The first-order valence-corrected chi connectivity index (χ1v) is 11.6. The zero-order valence-electron chi connectivity index (χ0n) is 18.4. The minimum Gasteiger partial charge on any atom is -0.356 e. The maximum absolute atomic E-state index is 13.0. The third-order valence-corrected chi connectivity index (χ3v) is 6.50. The van der Waals surface area contributed by atoms with Crippen LogP contribution >= 0.6 is 0 Å². The van der Waals surface area contributed by atoms with Gasteiger partial charge in [-0.15, -0.1) is 0 Å². The zero-order chi connectivity index (χ0) is 22.3. The first-order chi connectivity index (χ1) is 15.6. The molecule has 0 spiro atoms. The molecule has 2 saturated heterocycles. The highest BCUT2D eigenvalue weighted by Crippen LogP contribution is 2.27. The van der Waals surface area contributed by atoms with Gasteiger partial charge in [-0.2, -0.15) is 0 Å². The molecule has 0 unspecified atom stereocenters. The number of hydrogen-bond acceptors (Lipinski definition) is 3. The molecule has 4 rings (SSSR count). The smallest absolute Gasteiger partial charge is 0.228 e. The van der Waals surface area contributed by atoms with Crippen LogP contribution in [-0.2, 0) is 20.8 Å². The van der Waals surface area contributed by atoms with Gasteiger partial charge in [0, 0.05) is 44.2 Å². The number of benzene rings is 2. The predicted octanol–water partition coefficient (Wildman–Crippen LogP) is 3.03. The van der Waals surface area contributed by atoms with Gasteiger partial charge >= 0.3 is 0 Å². The molecule has 1 atom stereocenters. The molecule has 2 heterocycles. The SMILES string of the molecule is O=C(NCCCc1ccccc1)C1CCN(C(=O)[C@@H]2CC(=O)N(c3ccccc3)C2)CC1. The van der Waals surface area contributed by atoms with E-state index in [9.17, 15) is 14.4 Å². The molecule has 6 heteroatoms. The van der Waals surface area contributed by atoms with Crippen molar-refractivity contribution in [2.45, 2.75) is 32.1 Å². The fourth-order valence-corrected chi connectivity index (χ4v) is 4.64. The van der Waals surface area contributed by atoms with Gasteiger partial charge in [0.05, 0.1) is 5.92 Å². The van der Waals surface area contributed by atoms with Crippen LogP contribution in [0.1, 0.15) is 31.2 Å². The second-order valence-electron chi connectivity index (χ2n) is 8.72. The van der Waals surface area contributed by atoms with Crippen molar-refractivity contribution < 1.29 is 14.4 Å². The molecular formula is C26H31N3O3. The highest BCUT2D eigenvalue weighted by molar-refractivity contribution is 6.00. The number of rotatable bonds is 7. The number of aryl methyl sites for hydroxylation is 1. The Morgan fingerprint density at radius 2 is 1.56 bits per heavy atom. The summed E-state index contributed by atoms with van der Waals surface area (Å²) in [7, 11) is 0. The van der Waals surface area contributed by atoms with Gasteiger partial charge in [0.1, 0.15) is 0 Å². The van der Waals surface area contributed by atoms with E-state index in [0.717, 1.165) is 18.5 Å². The third-order valence-electron chi connectivity index (χ3n) is 6.50. The Hall–Kier alpha value is -3.15. The number of hydrogen-bond donors (Lipinski definition) is 1. The maximum Gasteiger partial charge on any atom is 0.228 e. The Morgan fingerprint density at radius 3 is 2.25 bits per heavy atom. The Balaban J connectivity index is 1.19. The fraction of sp³-hybridized carbons (Fsp3) is 0.423. The molecule has 2 aromatic rings. The molecule has 2 fully saturated rings. The number of piperidine rings is 1. The predicted molar refractivity (Wildman–Crippen MR) is 124 cm³/mol. The van der Waals surface area contributed by atoms with E-state index in [0.29, 0.717) is 39.0 Å². The molecule has 1 N–H and O–H groups in total. The lowest BCUT2D eigenvalue weighted by Gasteiger charge is -2.33. The molecule has 0 aromatic heterocycles. The summed E-state index contributed by atoms with van der Waals surface area (Å²) < 4.78 is 0. The average molecular weight is 434 g/mol. The summed E-state index contributed by atoms with van der Waals surface area (Å²) in [5.41, 5.74) is 2.13. The summed E-state index contributed by atoms with van der Waals surface area (Å²) >= 11 is 0. The second kappa shape index (κ2) is 10.4. The average Bonchev–Trinajstić information content (AvgIpc) is 3.24. The Morgan fingerprint density at radius 1 is 0.906 bits per heavy atom. The van der Waals surface area contributed by atoms with E-state index in [-0.39, 0.29) is 36.0 Å². The van der Waals surface area contributed by atoms with Gasteiger partial charge in [-0.3, -0.25) is 14.4 Å². The number of nitrogens with zero attached hydrogens (tertiary/aromatic N) is 2. The van der Waals surface area contributed by atoms with Crippen LogP contribution in [0.2, 0.25) is 0 Å². The third kappa shape index (κ3) is 5.36. The van der Waals surface area contributed by atoms with Gasteiger partial charge in [0.25, 0.3) is 0 Å².